The molecule has 2 aromatic rings. The van der Waals surface area contributed by atoms with Crippen LogP contribution in [0.25, 0.3) is 11.4 Å². The van der Waals surface area contributed by atoms with E-state index < -0.39 is 0 Å². The van der Waals surface area contributed by atoms with Crippen LogP contribution in [0.5, 0.6) is 0 Å². The molecule has 1 aliphatic heterocycles. The minimum absolute atomic E-state index is 0.0793. The lowest BCUT2D eigenvalue weighted by atomic mass is 9.98. The Morgan fingerprint density at radius 3 is 2.90 bits per heavy atom. The molecule has 0 saturated carbocycles. The third-order valence-corrected chi connectivity index (χ3v) is 3.50. The second-order valence-electron chi connectivity index (χ2n) is 4.90. The predicted molar refractivity (Wildman–Crippen MR) is 69.3 cm³/mol. The van der Waals surface area contributed by atoms with E-state index in [1.54, 1.807) is 17.0 Å². The molecule has 1 atom stereocenters. The highest BCUT2D eigenvalue weighted by Gasteiger charge is 2.25. The van der Waals surface area contributed by atoms with Gasteiger partial charge < -0.3 is 9.42 Å². The second kappa shape index (κ2) is 5.40. The number of carbonyl (C=O) groups is 1. The van der Waals surface area contributed by atoms with E-state index in [1.807, 2.05) is 0 Å². The van der Waals surface area contributed by atoms with Crippen molar-refractivity contribution in [1.29, 1.82) is 0 Å². The van der Waals surface area contributed by atoms with Crippen molar-refractivity contribution in [2.24, 2.45) is 0 Å². The highest BCUT2D eigenvalue weighted by atomic mass is 19.1. The van der Waals surface area contributed by atoms with E-state index >= 15 is 0 Å². The molecule has 2 heterocycles. The topological polar surface area (TPSA) is 59.2 Å². The van der Waals surface area contributed by atoms with Crippen molar-refractivity contribution in [2.75, 3.05) is 13.1 Å². The third kappa shape index (κ3) is 2.54. The molecule has 1 aromatic heterocycles. The van der Waals surface area contributed by atoms with Crippen LogP contribution in [0.2, 0.25) is 0 Å². The molecule has 0 bridgehead atoms. The Hall–Kier alpha value is -2.24. The Labute approximate surface area is 115 Å². The SMILES string of the molecule is O=CN1CCC[C@H](c2nc(-c3ccc(F)cc3)no2)C1. The first-order chi connectivity index (χ1) is 9.76. The van der Waals surface area contributed by atoms with Crippen molar-refractivity contribution in [3.63, 3.8) is 0 Å². The van der Waals surface area contributed by atoms with E-state index in [1.165, 1.54) is 12.1 Å². The quantitative estimate of drug-likeness (QED) is 0.806. The van der Waals surface area contributed by atoms with Gasteiger partial charge in [-0.05, 0) is 37.1 Å². The van der Waals surface area contributed by atoms with Crippen molar-refractivity contribution < 1.29 is 13.7 Å². The summed E-state index contributed by atoms with van der Waals surface area (Å²) in [5, 5.41) is 3.93. The van der Waals surface area contributed by atoms with Gasteiger partial charge in [-0.1, -0.05) is 5.16 Å². The summed E-state index contributed by atoms with van der Waals surface area (Å²) in [6.07, 6.45) is 2.70. The lowest BCUT2D eigenvalue weighted by Crippen LogP contribution is -2.33. The van der Waals surface area contributed by atoms with Crippen LogP contribution in [-0.2, 0) is 4.79 Å². The molecule has 0 radical (unpaired) electrons. The Bertz CT molecular complexity index is 597. The van der Waals surface area contributed by atoms with Gasteiger partial charge >= 0.3 is 0 Å². The van der Waals surface area contributed by atoms with Crippen LogP contribution in [-0.4, -0.2) is 34.5 Å². The molecule has 1 aliphatic rings. The zero-order chi connectivity index (χ0) is 13.9. The average molecular weight is 275 g/mol. The number of nitrogens with zero attached hydrogens (tertiary/aromatic N) is 3. The highest BCUT2D eigenvalue weighted by Crippen LogP contribution is 2.26. The smallest absolute Gasteiger partial charge is 0.231 e. The van der Waals surface area contributed by atoms with Crippen LogP contribution in [0.3, 0.4) is 0 Å². The Kier molecular flexibility index (Phi) is 3.45. The molecule has 0 aliphatic carbocycles. The van der Waals surface area contributed by atoms with Gasteiger partial charge in [-0.3, -0.25) is 4.79 Å². The summed E-state index contributed by atoms with van der Waals surface area (Å²) in [5.41, 5.74) is 0.712. The normalized spacial score (nSPS) is 19.1. The monoisotopic (exact) mass is 275 g/mol. The fourth-order valence-electron chi connectivity index (χ4n) is 2.42. The van der Waals surface area contributed by atoms with Gasteiger partial charge in [0.1, 0.15) is 5.82 Å². The molecule has 0 N–H and O–H groups in total. The number of piperidine rings is 1. The number of rotatable bonds is 3. The maximum Gasteiger partial charge on any atom is 0.231 e. The van der Waals surface area contributed by atoms with Crippen molar-refractivity contribution >= 4 is 6.41 Å². The van der Waals surface area contributed by atoms with E-state index in [0.29, 0.717) is 23.8 Å². The Morgan fingerprint density at radius 2 is 2.15 bits per heavy atom. The maximum absolute atomic E-state index is 12.9. The van der Waals surface area contributed by atoms with E-state index in [9.17, 15) is 9.18 Å². The van der Waals surface area contributed by atoms with E-state index in [2.05, 4.69) is 10.1 Å². The Balaban J connectivity index is 1.79. The summed E-state index contributed by atoms with van der Waals surface area (Å²) >= 11 is 0. The van der Waals surface area contributed by atoms with Gasteiger partial charge in [0, 0.05) is 18.7 Å². The number of hydrogen-bond donors (Lipinski definition) is 0. The van der Waals surface area contributed by atoms with Crippen LogP contribution >= 0.6 is 0 Å². The zero-order valence-electron chi connectivity index (χ0n) is 10.8. The number of carbonyl (C=O) groups excluding carboxylic acids is 1. The number of amides is 1. The van der Waals surface area contributed by atoms with Gasteiger partial charge in [0.15, 0.2) is 0 Å². The van der Waals surface area contributed by atoms with E-state index in [0.717, 1.165) is 25.8 Å². The molecule has 1 saturated heterocycles. The van der Waals surface area contributed by atoms with Crippen molar-refractivity contribution in [3.05, 3.63) is 36.0 Å². The molecule has 20 heavy (non-hydrogen) atoms. The van der Waals surface area contributed by atoms with Crippen LogP contribution < -0.4 is 0 Å². The number of benzene rings is 1. The number of aromatic nitrogens is 2. The molecule has 104 valence electrons. The van der Waals surface area contributed by atoms with E-state index in [-0.39, 0.29) is 11.7 Å². The highest BCUT2D eigenvalue weighted by molar-refractivity contribution is 5.53. The molecular formula is C14H14FN3O2. The lowest BCUT2D eigenvalue weighted by Gasteiger charge is -2.27. The minimum Gasteiger partial charge on any atom is -0.344 e. The average Bonchev–Trinajstić information content (AvgIpc) is 2.98. The molecule has 3 rings (SSSR count). The standard InChI is InChI=1S/C14H14FN3O2/c15-12-5-3-10(4-6-12)13-16-14(20-17-13)11-2-1-7-18(8-11)9-19/h3-6,9,11H,1-2,7-8H2/t11-/m0/s1. The number of halogens is 1. The van der Waals surface area contributed by atoms with Crippen molar-refractivity contribution in [1.82, 2.24) is 15.0 Å². The molecule has 5 nitrogen and oxygen atoms in total. The molecule has 1 aromatic carbocycles. The summed E-state index contributed by atoms with van der Waals surface area (Å²) < 4.78 is 18.2. The van der Waals surface area contributed by atoms with E-state index in [4.69, 9.17) is 4.52 Å². The molecule has 6 heteroatoms. The van der Waals surface area contributed by atoms with Crippen molar-refractivity contribution in [3.8, 4) is 11.4 Å². The fourth-order valence-corrected chi connectivity index (χ4v) is 2.42. The Morgan fingerprint density at radius 1 is 1.35 bits per heavy atom. The summed E-state index contributed by atoms with van der Waals surface area (Å²) in [7, 11) is 0. The van der Waals surface area contributed by atoms with Gasteiger partial charge in [0.05, 0.1) is 5.92 Å². The molecule has 1 amide bonds. The molecular weight excluding hydrogens is 261 g/mol. The third-order valence-electron chi connectivity index (χ3n) is 3.50. The lowest BCUT2D eigenvalue weighted by molar-refractivity contribution is -0.119. The van der Waals surface area contributed by atoms with Gasteiger partial charge in [-0.15, -0.1) is 0 Å². The van der Waals surface area contributed by atoms with Crippen molar-refractivity contribution in [2.45, 2.75) is 18.8 Å². The predicted octanol–water partition coefficient (Wildman–Crippen LogP) is 2.21. The number of likely N-dealkylation sites (tertiary alicyclic amines) is 1. The number of hydrogen-bond acceptors (Lipinski definition) is 4. The van der Waals surface area contributed by atoms with Gasteiger partial charge in [0.2, 0.25) is 18.1 Å². The molecule has 0 unspecified atom stereocenters. The van der Waals surface area contributed by atoms with Gasteiger partial charge in [-0.25, -0.2) is 4.39 Å². The first kappa shape index (κ1) is 12.8. The molecule has 0 spiro atoms. The van der Waals surface area contributed by atoms with Crippen LogP contribution in [0, 0.1) is 5.82 Å². The summed E-state index contributed by atoms with van der Waals surface area (Å²) in [5.74, 6) is 0.765. The fraction of sp³-hybridized carbons (Fsp3) is 0.357. The zero-order valence-corrected chi connectivity index (χ0v) is 10.8. The van der Waals surface area contributed by atoms with Crippen LogP contribution in [0.15, 0.2) is 28.8 Å². The maximum atomic E-state index is 12.9. The summed E-state index contributed by atoms with van der Waals surface area (Å²) in [6, 6.07) is 5.95. The van der Waals surface area contributed by atoms with Crippen LogP contribution in [0.4, 0.5) is 4.39 Å². The minimum atomic E-state index is -0.300. The molecule has 1 fully saturated rings. The first-order valence-electron chi connectivity index (χ1n) is 6.55. The summed E-state index contributed by atoms with van der Waals surface area (Å²) in [4.78, 5) is 16.9. The van der Waals surface area contributed by atoms with Gasteiger partial charge in [-0.2, -0.15) is 4.98 Å². The second-order valence-corrected chi connectivity index (χ2v) is 4.90. The van der Waals surface area contributed by atoms with Crippen LogP contribution in [0.1, 0.15) is 24.7 Å². The summed E-state index contributed by atoms with van der Waals surface area (Å²) in [6.45, 7) is 1.38. The largest absolute Gasteiger partial charge is 0.344 e. The van der Waals surface area contributed by atoms with Gasteiger partial charge in [0.25, 0.3) is 0 Å². The first-order valence-corrected chi connectivity index (χ1v) is 6.55.